The van der Waals surface area contributed by atoms with Crippen molar-refractivity contribution >= 4 is 5.91 Å². The molecule has 2 heterocycles. The molecular formula is C19H24N4O2. The van der Waals surface area contributed by atoms with Crippen LogP contribution in [0.3, 0.4) is 0 Å². The number of piperazine rings is 1. The van der Waals surface area contributed by atoms with Crippen molar-refractivity contribution in [2.45, 2.75) is 19.9 Å². The van der Waals surface area contributed by atoms with E-state index in [2.05, 4.69) is 33.9 Å². The highest BCUT2D eigenvalue weighted by Gasteiger charge is 2.26. The molecular weight excluding hydrogens is 316 g/mol. The lowest BCUT2D eigenvalue weighted by molar-refractivity contribution is 0.0580. The Morgan fingerprint density at radius 3 is 2.68 bits per heavy atom. The van der Waals surface area contributed by atoms with Crippen molar-refractivity contribution in [3.63, 3.8) is 0 Å². The van der Waals surface area contributed by atoms with Gasteiger partial charge in [-0.2, -0.15) is 0 Å². The number of rotatable bonds is 4. The fourth-order valence-electron chi connectivity index (χ4n) is 3.20. The monoisotopic (exact) mass is 340 g/mol. The summed E-state index contributed by atoms with van der Waals surface area (Å²) in [5.74, 6) is 0.893. The highest BCUT2D eigenvalue weighted by atomic mass is 16.5. The van der Waals surface area contributed by atoms with Gasteiger partial charge in [-0.15, -0.1) is 0 Å². The number of ether oxygens (including phenoxy) is 1. The van der Waals surface area contributed by atoms with Crippen LogP contribution in [0, 0.1) is 6.92 Å². The molecule has 0 spiro atoms. The van der Waals surface area contributed by atoms with Gasteiger partial charge in [0.1, 0.15) is 12.1 Å². The lowest BCUT2D eigenvalue weighted by Gasteiger charge is -2.38. The molecule has 0 radical (unpaired) electrons. The van der Waals surface area contributed by atoms with Gasteiger partial charge in [0.2, 0.25) is 0 Å². The molecule has 0 N–H and O–H groups in total. The number of hydrogen-bond acceptors (Lipinski definition) is 5. The van der Waals surface area contributed by atoms with Crippen LogP contribution in [0.2, 0.25) is 0 Å². The number of amides is 1. The maximum Gasteiger partial charge on any atom is 0.257 e. The molecule has 1 atom stereocenters. The maximum absolute atomic E-state index is 12.7. The molecule has 1 saturated heterocycles. The van der Waals surface area contributed by atoms with Crippen LogP contribution in [0.25, 0.3) is 0 Å². The Kier molecular flexibility index (Phi) is 5.28. The molecule has 1 fully saturated rings. The van der Waals surface area contributed by atoms with E-state index in [1.165, 1.54) is 11.9 Å². The van der Waals surface area contributed by atoms with E-state index in [0.29, 0.717) is 18.7 Å². The van der Waals surface area contributed by atoms with Crippen molar-refractivity contribution in [2.75, 3.05) is 33.3 Å². The van der Waals surface area contributed by atoms with Gasteiger partial charge in [0.25, 0.3) is 5.91 Å². The van der Waals surface area contributed by atoms with Crippen molar-refractivity contribution in [1.82, 2.24) is 19.8 Å². The fraction of sp³-hybridized carbons (Fsp3) is 0.421. The third kappa shape index (κ3) is 3.79. The van der Waals surface area contributed by atoms with E-state index in [-0.39, 0.29) is 11.9 Å². The standard InChI is InChI=1S/C19H24N4O2/c1-14-18(12-20-13-21-14)19(24)23-9-7-22(8-10-23)15(2)16-5-4-6-17(11-16)25-3/h4-6,11-13,15H,7-10H2,1-3H3. The summed E-state index contributed by atoms with van der Waals surface area (Å²) in [7, 11) is 1.68. The third-order valence-electron chi connectivity index (χ3n) is 4.87. The zero-order valence-electron chi connectivity index (χ0n) is 15.0. The van der Waals surface area contributed by atoms with Crippen molar-refractivity contribution in [1.29, 1.82) is 0 Å². The molecule has 6 nitrogen and oxygen atoms in total. The number of benzene rings is 1. The highest BCUT2D eigenvalue weighted by molar-refractivity contribution is 5.94. The van der Waals surface area contributed by atoms with E-state index in [1.807, 2.05) is 24.0 Å². The largest absolute Gasteiger partial charge is 0.497 e. The molecule has 3 rings (SSSR count). The Bertz CT molecular complexity index is 742. The SMILES string of the molecule is COc1cccc(C(C)N2CCN(C(=O)c3cncnc3C)CC2)c1. The van der Waals surface area contributed by atoms with E-state index in [4.69, 9.17) is 4.74 Å². The van der Waals surface area contributed by atoms with Crippen molar-refractivity contribution < 1.29 is 9.53 Å². The molecule has 0 bridgehead atoms. The normalized spacial score (nSPS) is 16.5. The minimum atomic E-state index is 0.0202. The van der Waals surface area contributed by atoms with E-state index in [0.717, 1.165) is 24.5 Å². The molecule has 1 unspecified atom stereocenters. The Balaban J connectivity index is 1.63. The molecule has 25 heavy (non-hydrogen) atoms. The lowest BCUT2D eigenvalue weighted by Crippen LogP contribution is -2.49. The van der Waals surface area contributed by atoms with Crippen LogP contribution in [0.15, 0.2) is 36.8 Å². The van der Waals surface area contributed by atoms with Gasteiger partial charge in [0.05, 0.1) is 18.4 Å². The minimum absolute atomic E-state index is 0.0202. The number of aryl methyl sites for hydroxylation is 1. The molecule has 1 amide bonds. The first-order valence-electron chi connectivity index (χ1n) is 8.54. The predicted molar refractivity (Wildman–Crippen MR) is 95.7 cm³/mol. The van der Waals surface area contributed by atoms with Crippen LogP contribution >= 0.6 is 0 Å². The first-order chi connectivity index (χ1) is 12.1. The molecule has 6 heteroatoms. The summed E-state index contributed by atoms with van der Waals surface area (Å²) in [6.45, 7) is 7.15. The number of methoxy groups -OCH3 is 1. The van der Waals surface area contributed by atoms with Gasteiger partial charge < -0.3 is 9.64 Å². The number of carbonyl (C=O) groups is 1. The zero-order chi connectivity index (χ0) is 17.8. The fourth-order valence-corrected chi connectivity index (χ4v) is 3.20. The Morgan fingerprint density at radius 1 is 1.24 bits per heavy atom. The molecule has 1 aromatic carbocycles. The van der Waals surface area contributed by atoms with Gasteiger partial charge in [-0.05, 0) is 31.5 Å². The van der Waals surface area contributed by atoms with Crippen LogP contribution in [0.4, 0.5) is 0 Å². The molecule has 1 aliphatic heterocycles. The summed E-state index contributed by atoms with van der Waals surface area (Å²) < 4.78 is 5.32. The summed E-state index contributed by atoms with van der Waals surface area (Å²) in [5, 5.41) is 0. The average molecular weight is 340 g/mol. The summed E-state index contributed by atoms with van der Waals surface area (Å²) >= 11 is 0. The van der Waals surface area contributed by atoms with E-state index in [9.17, 15) is 4.79 Å². The number of aromatic nitrogens is 2. The van der Waals surface area contributed by atoms with Gasteiger partial charge in [0, 0.05) is 38.4 Å². The van der Waals surface area contributed by atoms with Gasteiger partial charge in [-0.1, -0.05) is 12.1 Å². The van der Waals surface area contributed by atoms with Gasteiger partial charge in [0.15, 0.2) is 0 Å². The maximum atomic E-state index is 12.7. The highest BCUT2D eigenvalue weighted by Crippen LogP contribution is 2.25. The summed E-state index contributed by atoms with van der Waals surface area (Å²) in [6.07, 6.45) is 3.08. The summed E-state index contributed by atoms with van der Waals surface area (Å²) in [4.78, 5) is 25.0. The van der Waals surface area contributed by atoms with Crippen molar-refractivity contribution in [3.05, 3.63) is 53.6 Å². The molecule has 1 aliphatic rings. The van der Waals surface area contributed by atoms with Crippen LogP contribution in [-0.4, -0.2) is 59.0 Å². The van der Waals surface area contributed by atoms with Crippen molar-refractivity contribution in [2.24, 2.45) is 0 Å². The van der Waals surface area contributed by atoms with E-state index in [1.54, 1.807) is 13.3 Å². The Labute approximate surface area is 148 Å². The molecule has 2 aromatic rings. The van der Waals surface area contributed by atoms with E-state index >= 15 is 0 Å². The third-order valence-corrected chi connectivity index (χ3v) is 4.87. The van der Waals surface area contributed by atoms with Crippen LogP contribution in [0.5, 0.6) is 5.75 Å². The van der Waals surface area contributed by atoms with Crippen LogP contribution in [-0.2, 0) is 0 Å². The molecule has 0 aliphatic carbocycles. The van der Waals surface area contributed by atoms with Gasteiger partial charge in [-0.25, -0.2) is 9.97 Å². The lowest BCUT2D eigenvalue weighted by atomic mass is 10.1. The van der Waals surface area contributed by atoms with Crippen LogP contribution in [0.1, 0.15) is 34.6 Å². The quantitative estimate of drug-likeness (QED) is 0.855. The van der Waals surface area contributed by atoms with Crippen LogP contribution < -0.4 is 4.74 Å². The molecule has 1 aromatic heterocycles. The molecule has 132 valence electrons. The second-order valence-electron chi connectivity index (χ2n) is 6.30. The smallest absolute Gasteiger partial charge is 0.257 e. The minimum Gasteiger partial charge on any atom is -0.497 e. The number of nitrogens with zero attached hydrogens (tertiary/aromatic N) is 4. The van der Waals surface area contributed by atoms with E-state index < -0.39 is 0 Å². The molecule has 0 saturated carbocycles. The Morgan fingerprint density at radius 2 is 2.00 bits per heavy atom. The second kappa shape index (κ2) is 7.61. The predicted octanol–water partition coefficient (Wildman–Crippen LogP) is 2.31. The average Bonchev–Trinajstić information content (AvgIpc) is 2.67. The number of hydrogen-bond donors (Lipinski definition) is 0. The van der Waals surface area contributed by atoms with Crippen molar-refractivity contribution in [3.8, 4) is 5.75 Å². The topological polar surface area (TPSA) is 58.6 Å². The van der Waals surface area contributed by atoms with Gasteiger partial charge >= 0.3 is 0 Å². The summed E-state index contributed by atoms with van der Waals surface area (Å²) in [5.41, 5.74) is 2.55. The first-order valence-corrected chi connectivity index (χ1v) is 8.54. The zero-order valence-corrected chi connectivity index (χ0v) is 15.0. The number of carbonyl (C=O) groups excluding carboxylic acids is 1. The summed E-state index contributed by atoms with van der Waals surface area (Å²) in [6, 6.07) is 8.45. The Hall–Kier alpha value is -2.47. The first kappa shape index (κ1) is 17.4. The van der Waals surface area contributed by atoms with Gasteiger partial charge in [-0.3, -0.25) is 9.69 Å². The second-order valence-corrected chi connectivity index (χ2v) is 6.30.